The van der Waals surface area contributed by atoms with Gasteiger partial charge in [0, 0.05) is 23.9 Å². The first-order valence-corrected chi connectivity index (χ1v) is 10.0. The number of nitrogens with zero attached hydrogens (tertiary/aromatic N) is 3. The molecule has 150 valence electrons. The van der Waals surface area contributed by atoms with Gasteiger partial charge in [-0.25, -0.2) is 13.8 Å². The smallest absolute Gasteiger partial charge is 0.237 e. The fourth-order valence-corrected chi connectivity index (χ4v) is 3.97. The second-order valence-corrected chi connectivity index (χ2v) is 7.50. The predicted molar refractivity (Wildman–Crippen MR) is 106 cm³/mol. The number of halogens is 2. The van der Waals surface area contributed by atoms with Crippen LogP contribution in [0.15, 0.2) is 41.6 Å². The Morgan fingerprint density at radius 1 is 1.24 bits per heavy atom. The summed E-state index contributed by atoms with van der Waals surface area (Å²) in [5.74, 6) is -0.268. The van der Waals surface area contributed by atoms with Crippen LogP contribution in [-0.4, -0.2) is 40.5 Å². The van der Waals surface area contributed by atoms with Gasteiger partial charge in [-0.15, -0.1) is 5.10 Å². The van der Waals surface area contributed by atoms with Gasteiger partial charge in [0.15, 0.2) is 5.82 Å². The van der Waals surface area contributed by atoms with E-state index in [4.69, 9.17) is 4.74 Å². The Balaban J connectivity index is 1.44. The predicted octanol–water partition coefficient (Wildman–Crippen LogP) is 3.83. The number of anilines is 1. The Kier molecular flexibility index (Phi) is 5.48. The van der Waals surface area contributed by atoms with Crippen molar-refractivity contribution in [2.24, 2.45) is 0 Å². The monoisotopic (exact) mass is 416 g/mol. The molecule has 2 heterocycles. The maximum absolute atomic E-state index is 13.4. The number of hydrogen-bond acceptors (Lipinski definition) is 5. The molecule has 0 saturated carbocycles. The third-order valence-electron chi connectivity index (χ3n) is 4.63. The number of H-pyrrole nitrogens is 1. The van der Waals surface area contributed by atoms with E-state index in [-0.39, 0.29) is 23.0 Å². The van der Waals surface area contributed by atoms with Gasteiger partial charge >= 0.3 is 0 Å². The van der Waals surface area contributed by atoms with Crippen LogP contribution >= 0.6 is 11.8 Å². The minimum atomic E-state index is -0.693. The fourth-order valence-electron chi connectivity index (χ4n) is 3.29. The lowest BCUT2D eigenvalue weighted by Crippen LogP contribution is -2.36. The first-order valence-electron chi connectivity index (χ1n) is 9.02. The van der Waals surface area contributed by atoms with Crippen LogP contribution in [0.5, 0.6) is 5.75 Å². The molecule has 0 atom stereocenters. The van der Waals surface area contributed by atoms with Crippen molar-refractivity contribution in [3.05, 3.63) is 53.6 Å². The molecule has 4 rings (SSSR count). The van der Waals surface area contributed by atoms with E-state index in [1.165, 1.54) is 23.9 Å². The Morgan fingerprint density at radius 3 is 2.79 bits per heavy atom. The second kappa shape index (κ2) is 8.20. The molecule has 0 fully saturated rings. The van der Waals surface area contributed by atoms with Crippen molar-refractivity contribution < 1.29 is 18.3 Å². The van der Waals surface area contributed by atoms with E-state index in [2.05, 4.69) is 15.2 Å². The number of carbonyl (C=O) groups is 1. The topological polar surface area (TPSA) is 71.1 Å². The summed E-state index contributed by atoms with van der Waals surface area (Å²) in [6, 6.07) is 8.84. The number of rotatable bonds is 5. The van der Waals surface area contributed by atoms with Crippen LogP contribution in [0, 0.1) is 11.6 Å². The number of fused-ring (bicyclic) bond motifs is 1. The molecule has 1 aliphatic rings. The first kappa shape index (κ1) is 19.4. The zero-order valence-corrected chi connectivity index (χ0v) is 16.4. The van der Waals surface area contributed by atoms with Crippen LogP contribution in [0.2, 0.25) is 0 Å². The lowest BCUT2D eigenvalue weighted by molar-refractivity contribution is -0.116. The van der Waals surface area contributed by atoms with Crippen molar-refractivity contribution in [1.29, 1.82) is 0 Å². The Hall–Kier alpha value is -2.94. The van der Waals surface area contributed by atoms with Crippen molar-refractivity contribution in [1.82, 2.24) is 15.2 Å². The van der Waals surface area contributed by atoms with E-state index < -0.39 is 11.6 Å². The highest BCUT2D eigenvalue weighted by Gasteiger charge is 2.23. The summed E-state index contributed by atoms with van der Waals surface area (Å²) in [5, 5.41) is 7.02. The SMILES string of the molecule is COc1ccc2c(c1)CCCN2C(=O)CSc1n[nH]c(-c2cc(F)cc(F)c2)n1. The number of benzene rings is 2. The minimum Gasteiger partial charge on any atom is -0.497 e. The number of hydrogen-bond donors (Lipinski definition) is 1. The minimum absolute atomic E-state index is 0.0516. The molecule has 9 heteroatoms. The van der Waals surface area contributed by atoms with E-state index in [0.29, 0.717) is 11.7 Å². The molecule has 0 radical (unpaired) electrons. The summed E-state index contributed by atoms with van der Waals surface area (Å²) in [6.45, 7) is 0.653. The molecule has 3 aromatic rings. The maximum atomic E-state index is 13.4. The van der Waals surface area contributed by atoms with Gasteiger partial charge in [-0.3, -0.25) is 9.89 Å². The van der Waals surface area contributed by atoms with E-state index in [0.717, 1.165) is 35.9 Å². The summed E-state index contributed by atoms with van der Waals surface area (Å²) in [4.78, 5) is 18.8. The van der Waals surface area contributed by atoms with Crippen molar-refractivity contribution in [3.63, 3.8) is 0 Å². The molecule has 1 N–H and O–H groups in total. The van der Waals surface area contributed by atoms with Crippen LogP contribution < -0.4 is 9.64 Å². The molecule has 0 unspecified atom stereocenters. The zero-order valence-electron chi connectivity index (χ0n) is 15.6. The van der Waals surface area contributed by atoms with Crippen molar-refractivity contribution in [3.8, 4) is 17.1 Å². The average molecular weight is 416 g/mol. The third kappa shape index (κ3) is 4.24. The Labute approximate surface area is 170 Å². The molecule has 1 aliphatic heterocycles. The number of aryl methyl sites for hydroxylation is 1. The number of aromatic amines is 1. The number of aromatic nitrogens is 3. The van der Waals surface area contributed by atoms with E-state index in [9.17, 15) is 13.6 Å². The highest BCUT2D eigenvalue weighted by molar-refractivity contribution is 7.99. The van der Waals surface area contributed by atoms with Crippen LogP contribution in [-0.2, 0) is 11.2 Å². The van der Waals surface area contributed by atoms with E-state index >= 15 is 0 Å². The van der Waals surface area contributed by atoms with Crippen LogP contribution in [0.3, 0.4) is 0 Å². The molecule has 29 heavy (non-hydrogen) atoms. The largest absolute Gasteiger partial charge is 0.497 e. The van der Waals surface area contributed by atoms with Crippen LogP contribution in [0.1, 0.15) is 12.0 Å². The number of ether oxygens (including phenoxy) is 1. The first-order chi connectivity index (χ1) is 14.0. The highest BCUT2D eigenvalue weighted by atomic mass is 32.2. The van der Waals surface area contributed by atoms with E-state index in [1.54, 1.807) is 12.0 Å². The molecular weight excluding hydrogens is 398 g/mol. The standard InChI is InChI=1S/C20H18F2N4O2S/c1-28-16-4-5-17-12(9-16)3-2-6-26(17)18(27)11-29-20-23-19(24-25-20)13-7-14(21)10-15(22)8-13/h4-5,7-10H,2-3,6,11H2,1H3,(H,23,24,25). The molecule has 0 bridgehead atoms. The fraction of sp³-hybridized carbons (Fsp3) is 0.250. The van der Waals surface area contributed by atoms with Gasteiger partial charge in [0.2, 0.25) is 11.1 Å². The quantitative estimate of drug-likeness (QED) is 0.640. The lowest BCUT2D eigenvalue weighted by Gasteiger charge is -2.29. The number of amides is 1. The molecule has 6 nitrogen and oxygen atoms in total. The molecule has 1 amide bonds. The number of nitrogens with one attached hydrogen (secondary N) is 1. The van der Waals surface area contributed by atoms with Crippen molar-refractivity contribution in [2.75, 3.05) is 24.3 Å². The summed E-state index contributed by atoms with van der Waals surface area (Å²) in [6.07, 6.45) is 1.78. The van der Waals surface area contributed by atoms with Crippen LogP contribution in [0.25, 0.3) is 11.4 Å². The van der Waals surface area contributed by atoms with Gasteiger partial charge in [0.1, 0.15) is 17.4 Å². The third-order valence-corrected chi connectivity index (χ3v) is 5.46. The molecule has 0 aliphatic carbocycles. The van der Waals surface area contributed by atoms with Crippen molar-refractivity contribution in [2.45, 2.75) is 18.0 Å². The molecular formula is C20H18F2N4O2S. The van der Waals surface area contributed by atoms with Gasteiger partial charge in [-0.05, 0) is 48.7 Å². The normalized spacial score (nSPS) is 13.3. The van der Waals surface area contributed by atoms with Crippen molar-refractivity contribution >= 4 is 23.4 Å². The number of carbonyl (C=O) groups excluding carboxylic acids is 1. The van der Waals surface area contributed by atoms with Gasteiger partial charge in [0.05, 0.1) is 12.9 Å². The zero-order chi connectivity index (χ0) is 20.4. The summed E-state index contributed by atoms with van der Waals surface area (Å²) in [7, 11) is 1.62. The molecule has 1 aromatic heterocycles. The second-order valence-electron chi connectivity index (χ2n) is 6.56. The maximum Gasteiger partial charge on any atom is 0.237 e. The lowest BCUT2D eigenvalue weighted by atomic mass is 10.0. The summed E-state index contributed by atoms with van der Waals surface area (Å²) in [5.41, 5.74) is 2.24. The molecule has 0 saturated heterocycles. The van der Waals surface area contributed by atoms with Gasteiger partial charge in [0.25, 0.3) is 0 Å². The van der Waals surface area contributed by atoms with Gasteiger partial charge in [-0.1, -0.05) is 11.8 Å². The van der Waals surface area contributed by atoms with Gasteiger partial charge < -0.3 is 9.64 Å². The molecule has 2 aromatic carbocycles. The average Bonchev–Trinajstić information content (AvgIpc) is 3.19. The molecule has 0 spiro atoms. The van der Waals surface area contributed by atoms with E-state index in [1.807, 2.05) is 18.2 Å². The Bertz CT molecular complexity index is 1040. The summed E-state index contributed by atoms with van der Waals surface area (Å²) < 4.78 is 32.0. The summed E-state index contributed by atoms with van der Waals surface area (Å²) >= 11 is 1.17. The Morgan fingerprint density at radius 2 is 2.03 bits per heavy atom. The van der Waals surface area contributed by atoms with Crippen LogP contribution in [0.4, 0.5) is 14.5 Å². The number of methoxy groups -OCH3 is 1. The van der Waals surface area contributed by atoms with Gasteiger partial charge in [-0.2, -0.15) is 0 Å². The number of thioether (sulfide) groups is 1. The highest BCUT2D eigenvalue weighted by Crippen LogP contribution is 2.31.